The molecule has 2 aliphatic carbocycles. The number of nitrogens with one attached hydrogen (secondary N) is 1. The van der Waals surface area contributed by atoms with Crippen LogP contribution in [0.2, 0.25) is 0 Å². The minimum atomic E-state index is -0.226. The summed E-state index contributed by atoms with van der Waals surface area (Å²) in [5.74, 6) is 0. The fraction of sp³-hybridized carbons (Fsp3) is 0.938. The zero-order valence-corrected chi connectivity index (χ0v) is 12.1. The second-order valence-electron chi connectivity index (χ2n) is 7.19. The Morgan fingerprint density at radius 1 is 0.944 bits per heavy atom. The quantitative estimate of drug-likeness (QED) is 0.745. The van der Waals surface area contributed by atoms with Gasteiger partial charge in [0.15, 0.2) is 0 Å². The van der Waals surface area contributed by atoms with Gasteiger partial charge in [0.1, 0.15) is 5.54 Å². The molecule has 2 nitrogen and oxygen atoms in total. The standard InChI is InChI=1S/C16H28N2/c1-15(2)9-6-10-16(13-17,12-11-15)18-14-7-4-3-5-8-14/h14,18H,3-12H2,1-2H3. The highest BCUT2D eigenvalue weighted by molar-refractivity contribution is 5.10. The molecule has 2 rings (SSSR count). The van der Waals surface area contributed by atoms with Gasteiger partial charge in [-0.15, -0.1) is 0 Å². The van der Waals surface area contributed by atoms with Crippen molar-refractivity contribution in [3.05, 3.63) is 0 Å². The van der Waals surface area contributed by atoms with E-state index in [4.69, 9.17) is 0 Å². The van der Waals surface area contributed by atoms with Crippen LogP contribution in [0, 0.1) is 16.7 Å². The molecule has 1 atom stereocenters. The Bertz CT molecular complexity index is 310. The van der Waals surface area contributed by atoms with Crippen LogP contribution in [0.1, 0.15) is 78.1 Å². The molecule has 0 aliphatic heterocycles. The Kier molecular flexibility index (Phi) is 4.33. The highest BCUT2D eigenvalue weighted by Crippen LogP contribution is 2.38. The van der Waals surface area contributed by atoms with Crippen molar-refractivity contribution in [1.82, 2.24) is 5.32 Å². The summed E-state index contributed by atoms with van der Waals surface area (Å²) in [5.41, 5.74) is 0.197. The molecular weight excluding hydrogens is 220 g/mol. The van der Waals surface area contributed by atoms with Crippen LogP contribution in [0.15, 0.2) is 0 Å². The van der Waals surface area contributed by atoms with Crippen LogP contribution in [0.5, 0.6) is 0 Å². The van der Waals surface area contributed by atoms with E-state index in [-0.39, 0.29) is 5.54 Å². The SMILES string of the molecule is CC1(C)CCCC(C#N)(NC2CCCCC2)CC1. The second-order valence-corrected chi connectivity index (χ2v) is 7.19. The predicted molar refractivity (Wildman–Crippen MR) is 75.2 cm³/mol. The third kappa shape index (κ3) is 3.48. The lowest BCUT2D eigenvalue weighted by Crippen LogP contribution is -2.49. The highest BCUT2D eigenvalue weighted by atomic mass is 15.0. The van der Waals surface area contributed by atoms with Crippen LogP contribution >= 0.6 is 0 Å². The summed E-state index contributed by atoms with van der Waals surface area (Å²) < 4.78 is 0. The second kappa shape index (κ2) is 5.61. The Morgan fingerprint density at radius 2 is 1.67 bits per heavy atom. The number of hydrogen-bond acceptors (Lipinski definition) is 2. The number of nitriles is 1. The maximum atomic E-state index is 9.65. The number of hydrogen-bond donors (Lipinski definition) is 1. The molecule has 0 aromatic heterocycles. The lowest BCUT2D eigenvalue weighted by Gasteiger charge is -2.34. The number of rotatable bonds is 2. The molecule has 2 saturated carbocycles. The van der Waals surface area contributed by atoms with Crippen LogP contribution < -0.4 is 5.32 Å². The molecule has 102 valence electrons. The van der Waals surface area contributed by atoms with Crippen LogP contribution in [0.3, 0.4) is 0 Å². The van der Waals surface area contributed by atoms with Gasteiger partial charge in [-0.25, -0.2) is 0 Å². The van der Waals surface area contributed by atoms with Crippen LogP contribution in [0.4, 0.5) is 0 Å². The molecule has 2 heteroatoms. The predicted octanol–water partition coefficient (Wildman–Crippen LogP) is 4.16. The lowest BCUT2D eigenvalue weighted by molar-refractivity contribution is 0.259. The van der Waals surface area contributed by atoms with Crippen molar-refractivity contribution in [3.8, 4) is 6.07 Å². The van der Waals surface area contributed by atoms with Gasteiger partial charge in [-0.2, -0.15) is 5.26 Å². The van der Waals surface area contributed by atoms with E-state index in [0.717, 1.165) is 12.8 Å². The van der Waals surface area contributed by atoms with Crippen molar-refractivity contribution >= 4 is 0 Å². The van der Waals surface area contributed by atoms with E-state index < -0.39 is 0 Å². The van der Waals surface area contributed by atoms with E-state index in [9.17, 15) is 5.26 Å². The summed E-state index contributed by atoms with van der Waals surface area (Å²) in [6, 6.07) is 3.23. The Morgan fingerprint density at radius 3 is 2.33 bits per heavy atom. The fourth-order valence-corrected chi connectivity index (χ4v) is 3.60. The van der Waals surface area contributed by atoms with Crippen molar-refractivity contribution in [2.24, 2.45) is 5.41 Å². The normalized spacial score (nSPS) is 33.6. The van der Waals surface area contributed by atoms with E-state index in [2.05, 4.69) is 25.2 Å². The van der Waals surface area contributed by atoms with Crippen LogP contribution in [0.25, 0.3) is 0 Å². The summed E-state index contributed by atoms with van der Waals surface area (Å²) in [6.07, 6.45) is 12.3. The van der Waals surface area contributed by atoms with Crippen LogP contribution in [-0.4, -0.2) is 11.6 Å². The molecular formula is C16H28N2. The highest BCUT2D eigenvalue weighted by Gasteiger charge is 2.37. The van der Waals surface area contributed by atoms with Crippen molar-refractivity contribution < 1.29 is 0 Å². The first-order valence-electron chi connectivity index (χ1n) is 7.74. The third-order valence-electron chi connectivity index (χ3n) is 4.99. The lowest BCUT2D eigenvalue weighted by atomic mass is 9.83. The Balaban J connectivity index is 1.99. The summed E-state index contributed by atoms with van der Waals surface area (Å²) in [5, 5.41) is 13.4. The Labute approximate surface area is 112 Å². The van der Waals surface area contributed by atoms with Crippen molar-refractivity contribution in [2.45, 2.75) is 89.6 Å². The van der Waals surface area contributed by atoms with E-state index >= 15 is 0 Å². The van der Waals surface area contributed by atoms with E-state index in [1.807, 2.05) is 0 Å². The molecule has 0 aromatic rings. The number of nitrogens with zero attached hydrogens (tertiary/aromatic N) is 1. The van der Waals surface area contributed by atoms with Crippen LogP contribution in [-0.2, 0) is 0 Å². The van der Waals surface area contributed by atoms with Gasteiger partial charge < -0.3 is 0 Å². The van der Waals surface area contributed by atoms with Gasteiger partial charge in [-0.05, 0) is 43.9 Å². The minimum absolute atomic E-state index is 0.226. The average Bonchev–Trinajstić information content (AvgIpc) is 2.51. The van der Waals surface area contributed by atoms with Gasteiger partial charge >= 0.3 is 0 Å². The molecule has 1 unspecified atom stereocenters. The molecule has 0 aromatic carbocycles. The maximum Gasteiger partial charge on any atom is 0.107 e. The third-order valence-corrected chi connectivity index (χ3v) is 4.99. The van der Waals surface area contributed by atoms with Crippen molar-refractivity contribution in [2.75, 3.05) is 0 Å². The molecule has 2 aliphatic rings. The van der Waals surface area contributed by atoms with Gasteiger partial charge in [0.05, 0.1) is 6.07 Å². The molecule has 0 amide bonds. The summed E-state index contributed by atoms with van der Waals surface area (Å²) in [6.45, 7) is 4.70. The molecule has 2 fully saturated rings. The minimum Gasteiger partial charge on any atom is -0.297 e. The van der Waals surface area contributed by atoms with E-state index in [1.54, 1.807) is 0 Å². The molecule has 0 heterocycles. The summed E-state index contributed by atoms with van der Waals surface area (Å²) >= 11 is 0. The van der Waals surface area contributed by atoms with E-state index in [1.165, 1.54) is 51.4 Å². The molecule has 0 saturated heterocycles. The van der Waals surface area contributed by atoms with Gasteiger partial charge in [0, 0.05) is 6.04 Å². The van der Waals surface area contributed by atoms with Crippen molar-refractivity contribution in [3.63, 3.8) is 0 Å². The Hall–Kier alpha value is -0.550. The van der Waals surface area contributed by atoms with E-state index in [0.29, 0.717) is 11.5 Å². The zero-order chi connectivity index (χ0) is 13.1. The van der Waals surface area contributed by atoms with Gasteiger partial charge in [-0.3, -0.25) is 5.32 Å². The first-order valence-corrected chi connectivity index (χ1v) is 7.74. The molecule has 0 bridgehead atoms. The smallest absolute Gasteiger partial charge is 0.107 e. The fourth-order valence-electron chi connectivity index (χ4n) is 3.60. The zero-order valence-electron chi connectivity index (χ0n) is 12.1. The molecule has 1 N–H and O–H groups in total. The first-order chi connectivity index (χ1) is 8.55. The van der Waals surface area contributed by atoms with Crippen molar-refractivity contribution in [1.29, 1.82) is 5.26 Å². The van der Waals surface area contributed by atoms with Gasteiger partial charge in [0.2, 0.25) is 0 Å². The summed E-state index contributed by atoms with van der Waals surface area (Å²) in [7, 11) is 0. The molecule has 0 radical (unpaired) electrons. The van der Waals surface area contributed by atoms with Gasteiger partial charge in [0.25, 0.3) is 0 Å². The monoisotopic (exact) mass is 248 g/mol. The first kappa shape index (κ1) is 13.9. The topological polar surface area (TPSA) is 35.8 Å². The van der Waals surface area contributed by atoms with Gasteiger partial charge in [-0.1, -0.05) is 39.5 Å². The molecule has 18 heavy (non-hydrogen) atoms. The largest absolute Gasteiger partial charge is 0.297 e. The molecule has 0 spiro atoms. The summed E-state index contributed by atoms with van der Waals surface area (Å²) in [4.78, 5) is 0. The average molecular weight is 248 g/mol. The maximum absolute atomic E-state index is 9.65.